The van der Waals surface area contributed by atoms with Gasteiger partial charge in [-0.05, 0) is 50.2 Å². The molecule has 4 rings (SSSR count). The van der Waals surface area contributed by atoms with Crippen LogP contribution in [0.2, 0.25) is 5.02 Å². The molecule has 0 N–H and O–H groups in total. The second kappa shape index (κ2) is 7.59. The van der Waals surface area contributed by atoms with E-state index in [9.17, 15) is 4.79 Å². The zero-order chi connectivity index (χ0) is 19.7. The van der Waals surface area contributed by atoms with Crippen LogP contribution in [-0.4, -0.2) is 57.0 Å². The largest absolute Gasteiger partial charge is 0.352 e. The Kier molecular flexibility index (Phi) is 5.00. The zero-order valence-corrected chi connectivity index (χ0v) is 16.6. The molecule has 3 heterocycles. The van der Waals surface area contributed by atoms with Crippen molar-refractivity contribution in [1.29, 1.82) is 0 Å². The lowest BCUT2D eigenvalue weighted by molar-refractivity contribution is 0.0746. The van der Waals surface area contributed by atoms with E-state index < -0.39 is 0 Å². The fourth-order valence-electron chi connectivity index (χ4n) is 3.40. The Morgan fingerprint density at radius 1 is 0.964 bits per heavy atom. The number of hydrogen-bond donors (Lipinski definition) is 0. The number of carbonyl (C=O) groups is 1. The standard InChI is InChI=1S/C20H21ClN6O/c1-14-12-15(2)27(24-14)19-7-6-18(22-23-19)25-8-10-26(11-9-25)20(28)16-4-3-5-17(21)13-16/h3-7,12-13H,8-11H2,1-2H3. The van der Waals surface area contributed by atoms with Crippen LogP contribution in [0.4, 0.5) is 5.82 Å². The van der Waals surface area contributed by atoms with E-state index in [1.54, 1.807) is 28.9 Å². The van der Waals surface area contributed by atoms with Gasteiger partial charge in [0.15, 0.2) is 11.6 Å². The van der Waals surface area contributed by atoms with Crippen LogP contribution >= 0.6 is 11.6 Å². The van der Waals surface area contributed by atoms with E-state index in [4.69, 9.17) is 11.6 Å². The van der Waals surface area contributed by atoms with Crippen molar-refractivity contribution in [2.75, 3.05) is 31.1 Å². The summed E-state index contributed by atoms with van der Waals surface area (Å²) in [5, 5.41) is 13.7. The fourth-order valence-corrected chi connectivity index (χ4v) is 3.59. The summed E-state index contributed by atoms with van der Waals surface area (Å²) in [6.45, 7) is 6.63. The van der Waals surface area contributed by atoms with Crippen molar-refractivity contribution in [1.82, 2.24) is 24.9 Å². The van der Waals surface area contributed by atoms with E-state index in [2.05, 4.69) is 20.2 Å². The number of halogens is 1. The third kappa shape index (κ3) is 3.71. The molecule has 0 radical (unpaired) electrons. The third-order valence-corrected chi connectivity index (χ3v) is 5.06. The molecule has 0 unspecified atom stereocenters. The van der Waals surface area contributed by atoms with Gasteiger partial charge >= 0.3 is 0 Å². The Hall–Kier alpha value is -2.93. The molecule has 1 aliphatic heterocycles. The molecule has 0 atom stereocenters. The van der Waals surface area contributed by atoms with Crippen LogP contribution in [0.15, 0.2) is 42.5 Å². The maximum absolute atomic E-state index is 12.6. The van der Waals surface area contributed by atoms with Gasteiger partial charge in [0.05, 0.1) is 5.69 Å². The molecule has 0 bridgehead atoms. The van der Waals surface area contributed by atoms with Crippen LogP contribution in [0.5, 0.6) is 0 Å². The van der Waals surface area contributed by atoms with Gasteiger partial charge in [0.25, 0.3) is 5.91 Å². The maximum atomic E-state index is 12.6. The predicted molar refractivity (Wildman–Crippen MR) is 108 cm³/mol. The summed E-state index contributed by atoms with van der Waals surface area (Å²) in [6, 6.07) is 12.9. The molecule has 1 fully saturated rings. The highest BCUT2D eigenvalue weighted by molar-refractivity contribution is 6.30. The number of aryl methyl sites for hydroxylation is 2. The smallest absolute Gasteiger partial charge is 0.254 e. The zero-order valence-electron chi connectivity index (χ0n) is 15.8. The molecule has 1 amide bonds. The van der Waals surface area contributed by atoms with Crippen molar-refractivity contribution in [2.24, 2.45) is 0 Å². The summed E-state index contributed by atoms with van der Waals surface area (Å²) in [4.78, 5) is 16.6. The number of hydrogen-bond acceptors (Lipinski definition) is 5. The average Bonchev–Trinajstić information content (AvgIpc) is 3.06. The number of piperazine rings is 1. The van der Waals surface area contributed by atoms with Gasteiger partial charge in [-0.3, -0.25) is 4.79 Å². The molecule has 1 aromatic carbocycles. The normalized spacial score (nSPS) is 14.4. The minimum absolute atomic E-state index is 0.00751. The van der Waals surface area contributed by atoms with E-state index in [0.717, 1.165) is 17.2 Å². The summed E-state index contributed by atoms with van der Waals surface area (Å²) < 4.78 is 1.79. The molecular formula is C20H21ClN6O. The van der Waals surface area contributed by atoms with Crippen LogP contribution < -0.4 is 4.90 Å². The minimum atomic E-state index is 0.00751. The molecule has 7 nitrogen and oxygen atoms in total. The number of benzene rings is 1. The summed E-state index contributed by atoms with van der Waals surface area (Å²) in [5.74, 6) is 1.51. The van der Waals surface area contributed by atoms with Crippen LogP contribution in [0.25, 0.3) is 5.82 Å². The van der Waals surface area contributed by atoms with E-state index in [1.807, 2.05) is 36.9 Å². The van der Waals surface area contributed by atoms with Gasteiger partial charge in [0.1, 0.15) is 0 Å². The first-order chi connectivity index (χ1) is 13.5. The Labute approximate surface area is 168 Å². The molecular weight excluding hydrogens is 376 g/mol. The first-order valence-electron chi connectivity index (χ1n) is 9.18. The molecule has 0 aliphatic carbocycles. The van der Waals surface area contributed by atoms with Gasteiger partial charge in [-0.1, -0.05) is 17.7 Å². The Balaban J connectivity index is 1.41. The van der Waals surface area contributed by atoms with Crippen LogP contribution in [0.1, 0.15) is 21.7 Å². The van der Waals surface area contributed by atoms with Crippen LogP contribution in [-0.2, 0) is 0 Å². The maximum Gasteiger partial charge on any atom is 0.254 e. The molecule has 28 heavy (non-hydrogen) atoms. The third-order valence-electron chi connectivity index (χ3n) is 4.83. The van der Waals surface area contributed by atoms with Crippen molar-refractivity contribution in [3.63, 3.8) is 0 Å². The topological polar surface area (TPSA) is 67.2 Å². The van der Waals surface area contributed by atoms with Crippen LogP contribution in [0.3, 0.4) is 0 Å². The number of anilines is 1. The van der Waals surface area contributed by atoms with Gasteiger partial charge in [-0.15, -0.1) is 10.2 Å². The summed E-state index contributed by atoms with van der Waals surface area (Å²) in [5.41, 5.74) is 2.59. The quantitative estimate of drug-likeness (QED) is 0.681. The van der Waals surface area contributed by atoms with E-state index in [1.165, 1.54) is 0 Å². The highest BCUT2D eigenvalue weighted by atomic mass is 35.5. The van der Waals surface area contributed by atoms with Gasteiger partial charge in [-0.2, -0.15) is 5.10 Å². The summed E-state index contributed by atoms with van der Waals surface area (Å²) in [7, 11) is 0. The Morgan fingerprint density at radius 3 is 2.29 bits per heavy atom. The Morgan fingerprint density at radius 2 is 1.68 bits per heavy atom. The molecule has 1 saturated heterocycles. The molecule has 2 aromatic heterocycles. The van der Waals surface area contributed by atoms with Gasteiger partial charge in [0.2, 0.25) is 0 Å². The molecule has 0 spiro atoms. The first kappa shape index (κ1) is 18.4. The first-order valence-corrected chi connectivity index (χ1v) is 9.56. The summed E-state index contributed by atoms with van der Waals surface area (Å²) >= 11 is 6.00. The van der Waals surface area contributed by atoms with Crippen molar-refractivity contribution in [3.8, 4) is 5.82 Å². The monoisotopic (exact) mass is 396 g/mol. The molecule has 8 heteroatoms. The van der Waals surface area contributed by atoms with Gasteiger partial charge in [-0.25, -0.2) is 4.68 Å². The number of carbonyl (C=O) groups excluding carboxylic acids is 1. The molecule has 3 aromatic rings. The number of aromatic nitrogens is 4. The predicted octanol–water partition coefficient (Wildman–Crippen LogP) is 2.89. The van der Waals surface area contributed by atoms with Crippen molar-refractivity contribution >= 4 is 23.3 Å². The Bertz CT molecular complexity index is 992. The fraction of sp³-hybridized carbons (Fsp3) is 0.300. The highest BCUT2D eigenvalue weighted by Crippen LogP contribution is 2.18. The summed E-state index contributed by atoms with van der Waals surface area (Å²) in [6.07, 6.45) is 0. The lowest BCUT2D eigenvalue weighted by Gasteiger charge is -2.35. The molecule has 0 saturated carbocycles. The molecule has 144 valence electrons. The SMILES string of the molecule is Cc1cc(C)n(-c2ccc(N3CCN(C(=O)c4cccc(Cl)c4)CC3)nn2)n1. The number of nitrogens with zero attached hydrogens (tertiary/aromatic N) is 6. The number of rotatable bonds is 3. The van der Waals surface area contributed by atoms with E-state index >= 15 is 0 Å². The lowest BCUT2D eigenvalue weighted by atomic mass is 10.2. The minimum Gasteiger partial charge on any atom is -0.352 e. The van der Waals surface area contributed by atoms with Crippen molar-refractivity contribution in [3.05, 3.63) is 64.4 Å². The van der Waals surface area contributed by atoms with E-state index in [0.29, 0.717) is 42.6 Å². The van der Waals surface area contributed by atoms with Crippen LogP contribution in [0, 0.1) is 13.8 Å². The van der Waals surface area contributed by atoms with Gasteiger partial charge in [0, 0.05) is 42.5 Å². The van der Waals surface area contributed by atoms with E-state index in [-0.39, 0.29) is 5.91 Å². The lowest BCUT2D eigenvalue weighted by Crippen LogP contribution is -2.49. The van der Waals surface area contributed by atoms with Gasteiger partial charge < -0.3 is 9.80 Å². The van der Waals surface area contributed by atoms with Crippen molar-refractivity contribution < 1.29 is 4.79 Å². The second-order valence-corrected chi connectivity index (χ2v) is 7.31. The van der Waals surface area contributed by atoms with Crippen molar-refractivity contribution in [2.45, 2.75) is 13.8 Å². The average molecular weight is 397 g/mol. The highest BCUT2D eigenvalue weighted by Gasteiger charge is 2.23. The number of amides is 1. The second-order valence-electron chi connectivity index (χ2n) is 6.88. The molecule has 1 aliphatic rings.